The first kappa shape index (κ1) is 29.6. The van der Waals surface area contributed by atoms with Crippen LogP contribution in [0.15, 0.2) is 57.9 Å². The maximum absolute atomic E-state index is 13.7. The van der Waals surface area contributed by atoms with Crippen LogP contribution in [0.4, 0.5) is 5.88 Å². The van der Waals surface area contributed by atoms with E-state index >= 15 is 0 Å². The van der Waals surface area contributed by atoms with Crippen molar-refractivity contribution in [2.45, 2.75) is 71.9 Å². The zero-order valence-electron chi connectivity index (χ0n) is 25.6. The number of nitrogens with zero attached hydrogens (tertiary/aromatic N) is 5. The molecule has 10 nitrogen and oxygen atoms in total. The Morgan fingerprint density at radius 3 is 2.48 bits per heavy atom. The van der Waals surface area contributed by atoms with Crippen LogP contribution in [0.3, 0.4) is 0 Å². The van der Waals surface area contributed by atoms with Crippen molar-refractivity contribution in [3.05, 3.63) is 88.0 Å². The number of fused-ring (bicyclic) bond motifs is 1. The van der Waals surface area contributed by atoms with Gasteiger partial charge in [-0.05, 0) is 68.5 Å². The van der Waals surface area contributed by atoms with Gasteiger partial charge in [-0.25, -0.2) is 23.1 Å². The van der Waals surface area contributed by atoms with E-state index < -0.39 is 10.0 Å². The van der Waals surface area contributed by atoms with Crippen molar-refractivity contribution in [2.24, 2.45) is 0 Å². The van der Waals surface area contributed by atoms with Gasteiger partial charge in [0.1, 0.15) is 11.3 Å². The Bertz CT molecular complexity index is 2010. The molecule has 1 N–H and O–H groups in total. The molecule has 4 heterocycles. The predicted octanol–water partition coefficient (Wildman–Crippen LogP) is 5.85. The Kier molecular flexibility index (Phi) is 7.75. The van der Waals surface area contributed by atoms with Crippen molar-refractivity contribution in [1.82, 2.24) is 24.6 Å². The molecule has 1 saturated heterocycles. The molecule has 0 atom stereocenters. The van der Waals surface area contributed by atoms with Gasteiger partial charge < -0.3 is 14.0 Å². The van der Waals surface area contributed by atoms with Gasteiger partial charge in [-0.3, -0.25) is 4.79 Å². The fraction of sp³-hybridized carbons (Fsp3) is 0.333. The molecule has 6 rings (SSSR count). The second-order valence-electron chi connectivity index (χ2n) is 11.5. The molecule has 5 aromatic rings. The maximum atomic E-state index is 13.7. The lowest BCUT2D eigenvalue weighted by atomic mass is 9.96. The third-order valence-corrected chi connectivity index (χ3v) is 9.70. The molecule has 0 radical (unpaired) electrons. The highest BCUT2D eigenvalue weighted by molar-refractivity contribution is 7.92. The number of amides is 1. The van der Waals surface area contributed by atoms with E-state index in [1.54, 1.807) is 32.0 Å². The van der Waals surface area contributed by atoms with E-state index in [4.69, 9.17) is 14.5 Å². The summed E-state index contributed by atoms with van der Waals surface area (Å²) in [5, 5.41) is 3.88. The van der Waals surface area contributed by atoms with E-state index in [1.165, 1.54) is 0 Å². The average molecular weight is 613 g/mol. The van der Waals surface area contributed by atoms with Crippen LogP contribution in [0.25, 0.3) is 22.3 Å². The monoisotopic (exact) mass is 612 g/mol. The molecule has 2 aromatic carbocycles. The lowest BCUT2D eigenvalue weighted by molar-refractivity contribution is -0.128. The number of likely N-dealkylation sites (tertiary alicyclic amines) is 1. The Morgan fingerprint density at radius 1 is 0.977 bits per heavy atom. The molecular formula is C33H36N6O4S. The highest BCUT2D eigenvalue weighted by Gasteiger charge is 2.26. The van der Waals surface area contributed by atoms with Crippen LogP contribution in [0.2, 0.25) is 0 Å². The van der Waals surface area contributed by atoms with Gasteiger partial charge in [0.25, 0.3) is 10.0 Å². The summed E-state index contributed by atoms with van der Waals surface area (Å²) < 4.78 is 37.4. The van der Waals surface area contributed by atoms with E-state index in [2.05, 4.69) is 34.4 Å². The molecule has 0 saturated carbocycles. The van der Waals surface area contributed by atoms with E-state index in [0.717, 1.165) is 57.8 Å². The lowest BCUT2D eigenvalue weighted by Crippen LogP contribution is -2.24. The molecule has 1 aliphatic rings. The van der Waals surface area contributed by atoms with Crippen LogP contribution in [0, 0.1) is 27.7 Å². The largest absolute Gasteiger partial charge is 0.338 e. The number of rotatable bonds is 9. The number of aryl methyl sites for hydroxylation is 4. The minimum absolute atomic E-state index is 0.0916. The third kappa shape index (κ3) is 5.47. The number of nitrogens with one attached hydrogen (secondary N) is 1. The number of benzene rings is 2. The molecule has 11 heteroatoms. The summed E-state index contributed by atoms with van der Waals surface area (Å²) >= 11 is 0. The minimum Gasteiger partial charge on any atom is -0.338 e. The molecule has 0 aliphatic carbocycles. The van der Waals surface area contributed by atoms with Crippen LogP contribution < -0.4 is 4.72 Å². The van der Waals surface area contributed by atoms with Crippen molar-refractivity contribution >= 4 is 33.0 Å². The average Bonchev–Trinajstić information content (AvgIpc) is 3.66. The van der Waals surface area contributed by atoms with Crippen molar-refractivity contribution in [3.63, 3.8) is 0 Å². The number of carbonyl (C=O) groups is 1. The van der Waals surface area contributed by atoms with Gasteiger partial charge in [0, 0.05) is 42.8 Å². The predicted molar refractivity (Wildman–Crippen MR) is 169 cm³/mol. The first-order valence-corrected chi connectivity index (χ1v) is 16.3. The second-order valence-corrected chi connectivity index (χ2v) is 13.1. The van der Waals surface area contributed by atoms with Gasteiger partial charge in [0.05, 0.1) is 17.1 Å². The fourth-order valence-electron chi connectivity index (χ4n) is 5.89. The van der Waals surface area contributed by atoms with Crippen LogP contribution in [0.5, 0.6) is 0 Å². The van der Waals surface area contributed by atoms with Crippen molar-refractivity contribution < 1.29 is 17.7 Å². The van der Waals surface area contributed by atoms with Gasteiger partial charge in [0.15, 0.2) is 5.65 Å². The number of anilines is 1. The standard InChI is InChI=1S/C33H36N6O4S/c1-6-29-35-31-20(2)16-21(3)34-32(31)39(29)18-24-13-14-26(25(17-24)19-38-15-9-12-30(38)40)27-10-7-8-11-28(27)44(41,42)37-33-22(4)23(5)36-43-33/h7-8,10-11,13-14,16-17,37H,6,9,12,15,18-19H2,1-5H3. The quantitative estimate of drug-likeness (QED) is 0.221. The number of sulfonamides is 1. The van der Waals surface area contributed by atoms with Crippen LogP contribution in [-0.2, 0) is 34.3 Å². The molecule has 228 valence electrons. The van der Waals surface area contributed by atoms with Gasteiger partial charge in [-0.2, -0.15) is 0 Å². The molecular weight excluding hydrogens is 576 g/mol. The molecule has 0 spiro atoms. The Morgan fingerprint density at radius 2 is 1.77 bits per heavy atom. The van der Waals surface area contributed by atoms with Gasteiger partial charge >= 0.3 is 0 Å². The van der Waals surface area contributed by atoms with Gasteiger partial charge in [-0.1, -0.05) is 48.5 Å². The second kappa shape index (κ2) is 11.5. The molecule has 44 heavy (non-hydrogen) atoms. The zero-order chi connectivity index (χ0) is 31.2. The summed E-state index contributed by atoms with van der Waals surface area (Å²) in [5.74, 6) is 1.14. The lowest BCUT2D eigenvalue weighted by Gasteiger charge is -2.21. The Hall–Kier alpha value is -4.51. The topological polar surface area (TPSA) is 123 Å². The van der Waals surface area contributed by atoms with Crippen molar-refractivity contribution in [2.75, 3.05) is 11.3 Å². The summed E-state index contributed by atoms with van der Waals surface area (Å²) in [6.45, 7) is 11.2. The van der Waals surface area contributed by atoms with Crippen molar-refractivity contribution in [3.8, 4) is 11.1 Å². The molecule has 0 unspecified atom stereocenters. The van der Waals surface area contributed by atoms with Crippen LogP contribution in [-0.4, -0.2) is 45.5 Å². The highest BCUT2D eigenvalue weighted by atomic mass is 32.2. The molecule has 3 aromatic heterocycles. The fourth-order valence-corrected chi connectivity index (χ4v) is 7.16. The molecule has 1 fully saturated rings. The number of hydrogen-bond acceptors (Lipinski definition) is 7. The highest BCUT2D eigenvalue weighted by Crippen LogP contribution is 2.34. The van der Waals surface area contributed by atoms with Gasteiger partial charge in [0.2, 0.25) is 11.8 Å². The van der Waals surface area contributed by atoms with Crippen LogP contribution >= 0.6 is 0 Å². The first-order valence-electron chi connectivity index (χ1n) is 14.8. The number of imidazole rings is 1. The summed E-state index contributed by atoms with van der Waals surface area (Å²) in [6.07, 6.45) is 2.08. The normalized spacial score (nSPS) is 13.8. The Labute approximate surface area is 257 Å². The molecule has 1 aliphatic heterocycles. The van der Waals surface area contributed by atoms with E-state index in [9.17, 15) is 13.2 Å². The Balaban J connectivity index is 1.44. The van der Waals surface area contributed by atoms with Crippen molar-refractivity contribution in [1.29, 1.82) is 0 Å². The third-order valence-electron chi connectivity index (χ3n) is 8.31. The summed E-state index contributed by atoms with van der Waals surface area (Å²) in [4.78, 5) is 24.4. The maximum Gasteiger partial charge on any atom is 0.264 e. The number of hydrogen-bond donors (Lipinski definition) is 1. The molecule has 1 amide bonds. The summed E-state index contributed by atoms with van der Waals surface area (Å²) in [5.41, 5.74) is 8.18. The minimum atomic E-state index is -4.03. The first-order chi connectivity index (χ1) is 21.1. The SMILES string of the molecule is CCc1nc2c(C)cc(C)nc2n1Cc1ccc(-c2ccccc2S(=O)(=O)Nc2onc(C)c2C)c(CN2CCCC2=O)c1. The zero-order valence-corrected chi connectivity index (χ0v) is 26.5. The van der Waals surface area contributed by atoms with Crippen LogP contribution in [0.1, 0.15) is 59.2 Å². The number of carbonyl (C=O) groups excluding carboxylic acids is 1. The van der Waals surface area contributed by atoms with E-state index in [-0.39, 0.29) is 16.7 Å². The summed E-state index contributed by atoms with van der Waals surface area (Å²) in [6, 6.07) is 15.0. The van der Waals surface area contributed by atoms with Gasteiger partial charge in [-0.15, -0.1) is 0 Å². The smallest absolute Gasteiger partial charge is 0.264 e. The summed E-state index contributed by atoms with van der Waals surface area (Å²) in [7, 11) is -4.03. The van der Waals surface area contributed by atoms with E-state index in [1.807, 2.05) is 36.1 Å². The molecule has 0 bridgehead atoms. The number of aromatic nitrogens is 4. The number of pyridine rings is 1. The van der Waals surface area contributed by atoms with E-state index in [0.29, 0.717) is 42.9 Å².